The molecule has 0 radical (unpaired) electrons. The number of nitrogens with one attached hydrogen (secondary N) is 1. The molecule has 1 saturated carbocycles. The largest absolute Gasteiger partial charge is 0.381 e. The summed E-state index contributed by atoms with van der Waals surface area (Å²) in [7, 11) is 1.79. The van der Waals surface area contributed by atoms with E-state index in [0.29, 0.717) is 23.1 Å². The van der Waals surface area contributed by atoms with E-state index in [9.17, 15) is 10.1 Å². The van der Waals surface area contributed by atoms with Crippen molar-refractivity contribution in [3.8, 4) is 6.07 Å². The highest BCUT2D eigenvalue weighted by atomic mass is 32.1. The van der Waals surface area contributed by atoms with Crippen molar-refractivity contribution in [1.82, 2.24) is 10.2 Å². The van der Waals surface area contributed by atoms with E-state index in [-0.39, 0.29) is 23.5 Å². The summed E-state index contributed by atoms with van der Waals surface area (Å²) in [6.45, 7) is 3.44. The quantitative estimate of drug-likeness (QED) is 0.704. The first kappa shape index (κ1) is 21.8. The number of rotatable bonds is 4. The van der Waals surface area contributed by atoms with Gasteiger partial charge in [-0.05, 0) is 79.9 Å². The van der Waals surface area contributed by atoms with Crippen LogP contribution in [0.2, 0.25) is 0 Å². The van der Waals surface area contributed by atoms with E-state index in [4.69, 9.17) is 21.7 Å². The number of nitriles is 1. The van der Waals surface area contributed by atoms with Crippen LogP contribution in [-0.4, -0.2) is 48.4 Å². The molecule has 1 unspecified atom stereocenters. The van der Waals surface area contributed by atoms with Gasteiger partial charge >= 0.3 is 0 Å². The first-order valence-electron chi connectivity index (χ1n) is 11.8. The van der Waals surface area contributed by atoms with Gasteiger partial charge in [0.25, 0.3) is 5.91 Å². The molecule has 32 heavy (non-hydrogen) atoms. The van der Waals surface area contributed by atoms with Gasteiger partial charge < -0.3 is 14.8 Å². The Kier molecular flexibility index (Phi) is 5.51. The Morgan fingerprint density at radius 1 is 1.41 bits per heavy atom. The Morgan fingerprint density at radius 2 is 2.25 bits per heavy atom. The number of hydrogen-bond donors (Lipinski definition) is 1. The Morgan fingerprint density at radius 3 is 2.94 bits per heavy atom. The minimum atomic E-state index is -0.920. The van der Waals surface area contributed by atoms with Crippen molar-refractivity contribution in [2.45, 2.75) is 69.6 Å². The van der Waals surface area contributed by atoms with Crippen LogP contribution in [0, 0.1) is 22.7 Å². The predicted molar refractivity (Wildman–Crippen MR) is 124 cm³/mol. The lowest BCUT2D eigenvalue weighted by atomic mass is 9.58. The molecule has 2 spiro atoms. The predicted octanol–water partition coefficient (Wildman–Crippen LogP) is 3.42. The van der Waals surface area contributed by atoms with E-state index in [2.05, 4.69) is 18.3 Å². The van der Waals surface area contributed by atoms with Crippen molar-refractivity contribution < 1.29 is 14.3 Å². The van der Waals surface area contributed by atoms with Gasteiger partial charge in [0.1, 0.15) is 0 Å². The highest BCUT2D eigenvalue weighted by molar-refractivity contribution is 7.80. The number of fused-ring (bicyclic) bond motifs is 3. The normalized spacial score (nSPS) is 36.0. The number of methoxy groups -OCH3 is 1. The number of thiocarbonyl (C=S) groups is 1. The zero-order chi connectivity index (χ0) is 22.5. The summed E-state index contributed by atoms with van der Waals surface area (Å²) in [5.41, 5.74) is 1.46. The fraction of sp³-hybridized carbons (Fsp3) is 0.640. The fourth-order valence-corrected chi connectivity index (χ4v) is 7.13. The van der Waals surface area contributed by atoms with Gasteiger partial charge in [-0.3, -0.25) is 9.69 Å². The molecular formula is C25H31N3O3S. The zero-order valence-electron chi connectivity index (χ0n) is 18.9. The second kappa shape index (κ2) is 8.09. The summed E-state index contributed by atoms with van der Waals surface area (Å²) in [4.78, 5) is 16.1. The van der Waals surface area contributed by atoms with Gasteiger partial charge in [0.2, 0.25) is 0 Å². The van der Waals surface area contributed by atoms with Gasteiger partial charge in [-0.25, -0.2) is 0 Å². The minimum absolute atomic E-state index is 0.0255. The molecule has 3 fully saturated rings. The van der Waals surface area contributed by atoms with E-state index in [1.165, 1.54) is 0 Å². The average Bonchev–Trinajstić information content (AvgIpc) is 3.48. The number of carbonyl (C=O) groups excluding carboxylic acids is 1. The number of nitrogens with zero attached hydrogens (tertiary/aromatic N) is 2. The second-order valence-electron chi connectivity index (χ2n) is 9.86. The molecule has 2 heterocycles. The third-order valence-corrected chi connectivity index (χ3v) is 8.72. The Bertz CT molecular complexity index is 985. The van der Waals surface area contributed by atoms with Gasteiger partial charge in [0.05, 0.1) is 30.4 Å². The molecule has 0 aromatic heterocycles. The maximum absolute atomic E-state index is 14.3. The molecule has 2 saturated heterocycles. The maximum atomic E-state index is 14.3. The van der Waals surface area contributed by atoms with Crippen molar-refractivity contribution in [3.63, 3.8) is 0 Å². The number of benzene rings is 1. The van der Waals surface area contributed by atoms with Crippen LogP contribution >= 0.6 is 12.2 Å². The number of carbonyl (C=O) groups is 1. The Hall–Kier alpha value is -2.01. The number of ether oxygens (including phenoxy) is 2. The molecular weight excluding hydrogens is 422 g/mol. The molecule has 1 N–H and O–H groups in total. The van der Waals surface area contributed by atoms with Gasteiger partial charge in [0.15, 0.2) is 10.7 Å². The Balaban J connectivity index is 1.60. The highest BCUT2D eigenvalue weighted by Gasteiger charge is 2.68. The van der Waals surface area contributed by atoms with Crippen molar-refractivity contribution in [2.24, 2.45) is 11.3 Å². The summed E-state index contributed by atoms with van der Waals surface area (Å²) in [5.74, 6) is 0.406. The third-order valence-electron chi connectivity index (χ3n) is 8.40. The summed E-state index contributed by atoms with van der Waals surface area (Å²) in [6, 6.07) is 8.08. The number of hydrogen-bond acceptors (Lipinski definition) is 5. The topological polar surface area (TPSA) is 74.6 Å². The molecule has 7 heteroatoms. The summed E-state index contributed by atoms with van der Waals surface area (Å²) >= 11 is 5.76. The van der Waals surface area contributed by atoms with Crippen molar-refractivity contribution in [2.75, 3.05) is 20.3 Å². The molecule has 1 aromatic carbocycles. The molecule has 5 atom stereocenters. The van der Waals surface area contributed by atoms with Crippen LogP contribution in [-0.2, 0) is 26.2 Å². The summed E-state index contributed by atoms with van der Waals surface area (Å²) < 4.78 is 11.6. The van der Waals surface area contributed by atoms with Crippen LogP contribution in [0.1, 0.15) is 62.1 Å². The van der Waals surface area contributed by atoms with Crippen LogP contribution in [0.25, 0.3) is 0 Å². The molecule has 170 valence electrons. The van der Waals surface area contributed by atoms with Crippen LogP contribution in [0.5, 0.6) is 0 Å². The van der Waals surface area contributed by atoms with Crippen LogP contribution in [0.3, 0.4) is 0 Å². The first-order valence-corrected chi connectivity index (χ1v) is 12.2. The smallest absolute Gasteiger partial charge is 0.259 e. The molecule has 1 aromatic rings. The van der Waals surface area contributed by atoms with E-state index in [1.54, 1.807) is 12.0 Å². The van der Waals surface area contributed by atoms with Gasteiger partial charge in [0, 0.05) is 19.1 Å². The first-order chi connectivity index (χ1) is 15.5. The lowest BCUT2D eigenvalue weighted by Crippen LogP contribution is -2.58. The fourth-order valence-electron chi connectivity index (χ4n) is 6.82. The van der Waals surface area contributed by atoms with Gasteiger partial charge in [-0.2, -0.15) is 5.26 Å². The summed E-state index contributed by atoms with van der Waals surface area (Å²) in [5, 5.41) is 13.6. The van der Waals surface area contributed by atoms with Crippen molar-refractivity contribution in [3.05, 3.63) is 34.9 Å². The molecule has 2 aliphatic carbocycles. The van der Waals surface area contributed by atoms with Crippen molar-refractivity contribution >= 4 is 23.2 Å². The number of amides is 1. The van der Waals surface area contributed by atoms with Crippen LogP contribution < -0.4 is 5.32 Å². The monoisotopic (exact) mass is 453 g/mol. The lowest BCUT2D eigenvalue weighted by molar-refractivity contribution is -0.141. The van der Waals surface area contributed by atoms with Crippen LogP contribution in [0.4, 0.5) is 0 Å². The second-order valence-corrected chi connectivity index (χ2v) is 10.2. The molecule has 2 aliphatic heterocycles. The standard InChI is InChI=1S/C25H31N3O3S/c1-3-17-12-24(9-8-21(17)30-2)13-18-7-6-16(14-26)11-20(18)25(24)22(29)28(23(32)27-25)15-19-5-4-10-31-19/h6-7,11,17,19,21H,3-5,8-10,12-13,15H2,1-2H3,(H,27,32)/t17-,19?,21-,24-,25+/m0/s1. The van der Waals surface area contributed by atoms with Gasteiger partial charge in [-0.1, -0.05) is 19.4 Å². The molecule has 5 rings (SSSR count). The van der Waals surface area contributed by atoms with Crippen LogP contribution in [0.15, 0.2) is 18.2 Å². The molecule has 0 bridgehead atoms. The van der Waals surface area contributed by atoms with E-state index in [1.807, 2.05) is 18.2 Å². The SMILES string of the molecule is CC[C@H]1C[C@@]2(CC[C@@H]1OC)Cc1ccc(C#N)cc1[C@]21NC(=S)N(CC2CCCO2)C1=O. The van der Waals surface area contributed by atoms with E-state index >= 15 is 0 Å². The minimum Gasteiger partial charge on any atom is -0.381 e. The summed E-state index contributed by atoms with van der Waals surface area (Å²) in [6.07, 6.45) is 6.74. The third kappa shape index (κ3) is 3.03. The van der Waals surface area contributed by atoms with Crippen molar-refractivity contribution in [1.29, 1.82) is 5.26 Å². The lowest BCUT2D eigenvalue weighted by Gasteiger charge is -2.49. The van der Waals surface area contributed by atoms with E-state index in [0.717, 1.165) is 62.7 Å². The molecule has 1 amide bonds. The molecule has 4 aliphatic rings. The van der Waals surface area contributed by atoms with E-state index < -0.39 is 5.54 Å². The maximum Gasteiger partial charge on any atom is 0.259 e. The Labute approximate surface area is 195 Å². The molecule has 6 nitrogen and oxygen atoms in total. The zero-order valence-corrected chi connectivity index (χ0v) is 19.7. The van der Waals surface area contributed by atoms with Gasteiger partial charge in [-0.15, -0.1) is 0 Å². The average molecular weight is 454 g/mol. The highest BCUT2D eigenvalue weighted by Crippen LogP contribution is 2.61.